The van der Waals surface area contributed by atoms with E-state index in [2.05, 4.69) is 4.98 Å². The number of nitrogens with zero attached hydrogens (tertiary/aromatic N) is 1. The minimum atomic E-state index is -1.04. The van der Waals surface area contributed by atoms with Crippen LogP contribution in [-0.4, -0.2) is 16.1 Å². The molecule has 0 atom stereocenters. The second-order valence-corrected chi connectivity index (χ2v) is 3.67. The van der Waals surface area contributed by atoms with Crippen LogP contribution in [0.25, 0.3) is 0 Å². The first kappa shape index (κ1) is 11.5. The van der Waals surface area contributed by atoms with E-state index in [9.17, 15) is 4.79 Å². The van der Waals surface area contributed by atoms with Gasteiger partial charge in [0.25, 0.3) is 0 Å². The number of hydrogen-bond donors (Lipinski definition) is 1. The molecule has 0 spiro atoms. The van der Waals surface area contributed by atoms with Gasteiger partial charge >= 0.3 is 5.97 Å². The Labute approximate surface area is 102 Å². The Kier molecular flexibility index (Phi) is 3.30. The molecule has 2 aromatic heterocycles. The molecule has 0 saturated heterocycles. The van der Waals surface area contributed by atoms with Crippen LogP contribution in [0.1, 0.15) is 16.1 Å². The fourth-order valence-electron chi connectivity index (χ4n) is 1.19. The van der Waals surface area contributed by atoms with Crippen LogP contribution >= 0.6 is 11.6 Å². The molecule has 0 aliphatic carbocycles. The third-order valence-electron chi connectivity index (χ3n) is 1.96. The lowest BCUT2D eigenvalue weighted by molar-refractivity contribution is 0.0696. The highest BCUT2D eigenvalue weighted by molar-refractivity contribution is 6.30. The summed E-state index contributed by atoms with van der Waals surface area (Å²) in [5.41, 5.74) is 0.0906. The summed E-state index contributed by atoms with van der Waals surface area (Å²) in [4.78, 5) is 14.5. The van der Waals surface area contributed by atoms with E-state index >= 15 is 0 Å². The van der Waals surface area contributed by atoms with Crippen LogP contribution in [-0.2, 0) is 6.61 Å². The molecule has 0 saturated carbocycles. The van der Waals surface area contributed by atoms with Crippen molar-refractivity contribution in [2.75, 3.05) is 0 Å². The van der Waals surface area contributed by atoms with Gasteiger partial charge in [-0.15, -0.1) is 0 Å². The van der Waals surface area contributed by atoms with Crippen molar-refractivity contribution >= 4 is 17.6 Å². The van der Waals surface area contributed by atoms with Crippen LogP contribution in [0.5, 0.6) is 5.75 Å². The van der Waals surface area contributed by atoms with Crippen molar-refractivity contribution in [3.05, 3.63) is 47.1 Å². The maximum Gasteiger partial charge on any atom is 0.338 e. The minimum Gasteiger partial charge on any atom is -0.484 e. The maximum absolute atomic E-state index is 10.6. The van der Waals surface area contributed by atoms with Crippen LogP contribution in [0.4, 0.5) is 0 Å². The molecule has 1 N–H and O–H groups in total. The third-order valence-corrected chi connectivity index (χ3v) is 2.17. The van der Waals surface area contributed by atoms with Gasteiger partial charge in [0.2, 0.25) is 0 Å². The van der Waals surface area contributed by atoms with Gasteiger partial charge in [-0.05, 0) is 6.07 Å². The molecule has 2 heterocycles. The normalized spacial score (nSPS) is 10.2. The van der Waals surface area contributed by atoms with Crippen molar-refractivity contribution in [3.8, 4) is 5.75 Å². The van der Waals surface area contributed by atoms with Crippen molar-refractivity contribution in [3.63, 3.8) is 0 Å². The van der Waals surface area contributed by atoms with Gasteiger partial charge in [-0.1, -0.05) is 11.6 Å². The molecule has 0 fully saturated rings. The summed E-state index contributed by atoms with van der Waals surface area (Å²) in [5.74, 6) is -0.127. The van der Waals surface area contributed by atoms with Gasteiger partial charge in [0.1, 0.15) is 24.4 Å². The molecule has 0 unspecified atom stereocenters. The van der Waals surface area contributed by atoms with E-state index < -0.39 is 5.97 Å². The minimum absolute atomic E-state index is 0.0906. The second-order valence-electron chi connectivity index (χ2n) is 3.23. The summed E-state index contributed by atoms with van der Waals surface area (Å²) >= 11 is 5.73. The van der Waals surface area contributed by atoms with Crippen LogP contribution < -0.4 is 4.74 Å². The van der Waals surface area contributed by atoms with E-state index in [1.807, 2.05) is 0 Å². The fourth-order valence-corrected chi connectivity index (χ4v) is 1.36. The third kappa shape index (κ3) is 2.98. The second kappa shape index (κ2) is 4.88. The first-order valence-corrected chi connectivity index (χ1v) is 5.07. The topological polar surface area (TPSA) is 72.6 Å². The largest absolute Gasteiger partial charge is 0.484 e. The first-order chi connectivity index (χ1) is 8.15. The monoisotopic (exact) mass is 253 g/mol. The number of carboxylic acid groups (broad SMARTS) is 1. The highest BCUT2D eigenvalue weighted by Crippen LogP contribution is 2.17. The molecule has 0 radical (unpaired) electrons. The average Bonchev–Trinajstić information content (AvgIpc) is 2.75. The molecule has 88 valence electrons. The van der Waals surface area contributed by atoms with E-state index in [4.69, 9.17) is 25.9 Å². The number of carboxylic acids is 1. The first-order valence-electron chi connectivity index (χ1n) is 4.69. The number of halogens is 1. The van der Waals surface area contributed by atoms with E-state index in [-0.39, 0.29) is 12.2 Å². The predicted molar refractivity (Wildman–Crippen MR) is 59.2 cm³/mol. The predicted octanol–water partition coefficient (Wildman–Crippen LogP) is 2.61. The van der Waals surface area contributed by atoms with Gasteiger partial charge < -0.3 is 14.3 Å². The van der Waals surface area contributed by atoms with Crippen molar-refractivity contribution in [2.45, 2.75) is 6.61 Å². The van der Waals surface area contributed by atoms with Crippen LogP contribution in [0, 0.1) is 0 Å². The van der Waals surface area contributed by atoms with Crippen LogP contribution in [0.3, 0.4) is 0 Å². The lowest BCUT2D eigenvalue weighted by Gasteiger charge is -2.02. The van der Waals surface area contributed by atoms with Crippen LogP contribution in [0.15, 0.2) is 35.2 Å². The van der Waals surface area contributed by atoms with Gasteiger partial charge in [-0.2, -0.15) is 0 Å². The molecule has 0 aliphatic rings. The maximum atomic E-state index is 10.6. The number of ether oxygens (including phenoxy) is 1. The molecule has 17 heavy (non-hydrogen) atoms. The van der Waals surface area contributed by atoms with Gasteiger partial charge in [0.15, 0.2) is 0 Å². The summed E-state index contributed by atoms with van der Waals surface area (Å²) in [7, 11) is 0. The van der Waals surface area contributed by atoms with E-state index in [0.29, 0.717) is 16.5 Å². The number of aromatic nitrogens is 1. The van der Waals surface area contributed by atoms with E-state index in [1.54, 1.807) is 6.07 Å². The van der Waals surface area contributed by atoms with Crippen molar-refractivity contribution in [2.24, 2.45) is 0 Å². The summed E-state index contributed by atoms with van der Waals surface area (Å²) in [5, 5.41) is 9.16. The molecule has 0 bridgehead atoms. The summed E-state index contributed by atoms with van der Waals surface area (Å²) in [6.45, 7) is 0.120. The van der Waals surface area contributed by atoms with Crippen molar-refractivity contribution < 1.29 is 19.1 Å². The van der Waals surface area contributed by atoms with Gasteiger partial charge in [0.05, 0.1) is 16.8 Å². The highest BCUT2D eigenvalue weighted by Gasteiger charge is 2.08. The molecule has 2 aromatic rings. The molecule has 0 aromatic carbocycles. The molecule has 2 rings (SSSR count). The van der Waals surface area contributed by atoms with Gasteiger partial charge in [0, 0.05) is 12.3 Å². The zero-order chi connectivity index (χ0) is 12.3. The molecular weight excluding hydrogens is 246 g/mol. The fraction of sp³-hybridized carbons (Fsp3) is 0.0909. The van der Waals surface area contributed by atoms with E-state index in [1.165, 1.54) is 18.5 Å². The zero-order valence-electron chi connectivity index (χ0n) is 8.59. The van der Waals surface area contributed by atoms with Crippen molar-refractivity contribution in [1.82, 2.24) is 4.98 Å². The molecular formula is C11H8ClNO4. The summed E-state index contributed by atoms with van der Waals surface area (Å²) < 4.78 is 10.4. The van der Waals surface area contributed by atoms with Crippen molar-refractivity contribution in [1.29, 1.82) is 0 Å². The Bertz CT molecular complexity index is 538. The smallest absolute Gasteiger partial charge is 0.338 e. The highest BCUT2D eigenvalue weighted by atomic mass is 35.5. The van der Waals surface area contributed by atoms with Gasteiger partial charge in [-0.25, -0.2) is 4.79 Å². The zero-order valence-corrected chi connectivity index (χ0v) is 9.35. The number of hydrogen-bond acceptors (Lipinski definition) is 4. The number of pyridine rings is 1. The number of aromatic carboxylic acids is 1. The quantitative estimate of drug-likeness (QED) is 0.907. The van der Waals surface area contributed by atoms with E-state index in [0.717, 1.165) is 6.26 Å². The summed E-state index contributed by atoms with van der Waals surface area (Å²) in [6.07, 6.45) is 4.16. The standard InChI is InChI=1S/C11H8ClNO4/c12-8-2-9(4-13-3-8)17-6-10-1-7(5-16-10)11(14)15/h1-5H,6H2,(H,14,15). The SMILES string of the molecule is O=C(O)c1coc(COc2cncc(Cl)c2)c1. The Morgan fingerprint density at radius 2 is 2.29 bits per heavy atom. The number of furan rings is 1. The van der Waals surface area contributed by atoms with Gasteiger partial charge in [-0.3, -0.25) is 4.98 Å². The molecule has 5 nitrogen and oxygen atoms in total. The number of carbonyl (C=O) groups is 1. The number of rotatable bonds is 4. The molecule has 6 heteroatoms. The average molecular weight is 254 g/mol. The van der Waals surface area contributed by atoms with Crippen LogP contribution in [0.2, 0.25) is 5.02 Å². The lowest BCUT2D eigenvalue weighted by atomic mass is 10.3. The lowest BCUT2D eigenvalue weighted by Crippen LogP contribution is -1.95. The molecule has 0 aliphatic heterocycles. The Morgan fingerprint density at radius 3 is 2.94 bits per heavy atom. The Morgan fingerprint density at radius 1 is 1.47 bits per heavy atom. The Hall–Kier alpha value is -2.01. The Balaban J connectivity index is 2.00. The molecule has 0 amide bonds. The summed E-state index contributed by atoms with van der Waals surface area (Å²) in [6, 6.07) is 3.01.